The van der Waals surface area contributed by atoms with Crippen molar-refractivity contribution in [2.24, 2.45) is 0 Å². The van der Waals surface area contributed by atoms with Crippen molar-refractivity contribution in [3.63, 3.8) is 0 Å². The van der Waals surface area contributed by atoms with Gasteiger partial charge >= 0.3 is 18.2 Å². The number of ether oxygens (including phenoxy) is 2. The van der Waals surface area contributed by atoms with E-state index in [0.29, 0.717) is 19.4 Å². The average Bonchev–Trinajstić information content (AvgIpc) is 2.59. The molecule has 2 unspecified atom stereocenters. The van der Waals surface area contributed by atoms with Crippen LogP contribution < -0.4 is 5.32 Å². The van der Waals surface area contributed by atoms with Crippen molar-refractivity contribution in [3.8, 4) is 0 Å². The van der Waals surface area contributed by atoms with Crippen molar-refractivity contribution in [2.45, 2.75) is 64.3 Å². The molecule has 2 atom stereocenters. The fourth-order valence-corrected chi connectivity index (χ4v) is 3.07. The lowest BCUT2D eigenvalue weighted by Crippen LogP contribution is -2.53. The van der Waals surface area contributed by atoms with Gasteiger partial charge in [-0.05, 0) is 39.2 Å². The van der Waals surface area contributed by atoms with Crippen molar-refractivity contribution in [1.82, 2.24) is 10.2 Å². The summed E-state index contributed by atoms with van der Waals surface area (Å²) in [4.78, 5) is 37.1. The van der Waals surface area contributed by atoms with Crippen molar-refractivity contribution in [3.05, 3.63) is 35.9 Å². The van der Waals surface area contributed by atoms with Crippen LogP contribution in [-0.4, -0.2) is 52.4 Å². The number of hydrogen-bond acceptors (Lipinski definition) is 5. The predicted octanol–water partition coefficient (Wildman–Crippen LogP) is 3.16. The van der Waals surface area contributed by atoms with Crippen LogP contribution >= 0.6 is 0 Å². The van der Waals surface area contributed by atoms with Gasteiger partial charge in [-0.15, -0.1) is 0 Å². The molecule has 154 valence electrons. The monoisotopic (exact) mass is 392 g/mol. The molecule has 8 heteroatoms. The van der Waals surface area contributed by atoms with Crippen molar-refractivity contribution in [1.29, 1.82) is 0 Å². The third-order valence-corrected chi connectivity index (χ3v) is 4.29. The highest BCUT2D eigenvalue weighted by molar-refractivity contribution is 5.72. The Hall–Kier alpha value is -2.77. The number of alkyl carbamates (subject to hydrolysis) is 1. The molecule has 0 bridgehead atoms. The van der Waals surface area contributed by atoms with Crippen LogP contribution in [0.4, 0.5) is 9.59 Å². The minimum absolute atomic E-state index is 0.155. The molecule has 1 aromatic rings. The quantitative estimate of drug-likeness (QED) is 0.797. The Bertz CT molecular complexity index is 686. The first-order valence-electron chi connectivity index (χ1n) is 9.32. The molecule has 1 heterocycles. The van der Waals surface area contributed by atoms with Gasteiger partial charge in [-0.2, -0.15) is 0 Å². The number of likely N-dealkylation sites (tertiary alicyclic amines) is 1. The molecule has 0 spiro atoms. The van der Waals surface area contributed by atoms with Gasteiger partial charge in [0.2, 0.25) is 0 Å². The van der Waals surface area contributed by atoms with Crippen LogP contribution in [0, 0.1) is 0 Å². The molecule has 1 aliphatic heterocycles. The van der Waals surface area contributed by atoms with Gasteiger partial charge in [0.1, 0.15) is 12.2 Å². The summed E-state index contributed by atoms with van der Waals surface area (Å²) in [6, 6.07) is 8.49. The van der Waals surface area contributed by atoms with Crippen LogP contribution in [0.1, 0.15) is 45.6 Å². The Morgan fingerprint density at radius 2 is 1.89 bits per heavy atom. The van der Waals surface area contributed by atoms with Crippen LogP contribution in [0.3, 0.4) is 0 Å². The van der Waals surface area contributed by atoms with E-state index in [2.05, 4.69) is 5.32 Å². The lowest BCUT2D eigenvalue weighted by molar-refractivity contribution is -0.138. The molecule has 1 fully saturated rings. The number of rotatable bonds is 5. The molecular weight excluding hydrogens is 364 g/mol. The smallest absolute Gasteiger partial charge is 0.410 e. The van der Waals surface area contributed by atoms with Crippen LogP contribution in [0.2, 0.25) is 0 Å². The zero-order valence-electron chi connectivity index (χ0n) is 16.5. The molecule has 0 aliphatic carbocycles. The molecule has 0 saturated carbocycles. The SMILES string of the molecule is CC(C)(C)OC(=O)N1CCC(NC(=O)OCc2ccccc2)CC1CC(=O)O. The number of benzene rings is 1. The van der Waals surface area contributed by atoms with Gasteiger partial charge in [-0.3, -0.25) is 4.79 Å². The normalized spacial score (nSPS) is 19.6. The number of carboxylic acid groups (broad SMARTS) is 1. The zero-order valence-corrected chi connectivity index (χ0v) is 16.5. The van der Waals surface area contributed by atoms with Crippen molar-refractivity contribution in [2.75, 3.05) is 6.54 Å². The number of nitrogens with zero attached hydrogens (tertiary/aromatic N) is 1. The minimum atomic E-state index is -1.01. The van der Waals surface area contributed by atoms with E-state index in [1.165, 1.54) is 4.90 Å². The first-order chi connectivity index (χ1) is 13.1. The van der Waals surface area contributed by atoms with E-state index >= 15 is 0 Å². The number of hydrogen-bond donors (Lipinski definition) is 2. The number of amides is 2. The summed E-state index contributed by atoms with van der Waals surface area (Å²) in [7, 11) is 0. The molecular formula is C20H28N2O6. The molecule has 2 amide bonds. The fraction of sp³-hybridized carbons (Fsp3) is 0.550. The van der Waals surface area contributed by atoms with Gasteiger partial charge in [0.05, 0.1) is 6.42 Å². The van der Waals surface area contributed by atoms with E-state index in [1.807, 2.05) is 30.3 Å². The van der Waals surface area contributed by atoms with Crippen LogP contribution in [-0.2, 0) is 20.9 Å². The van der Waals surface area contributed by atoms with Gasteiger partial charge in [0, 0.05) is 18.6 Å². The highest BCUT2D eigenvalue weighted by Gasteiger charge is 2.36. The second-order valence-corrected chi connectivity index (χ2v) is 7.85. The van der Waals surface area contributed by atoms with Crippen LogP contribution in [0.5, 0.6) is 0 Å². The predicted molar refractivity (Wildman–Crippen MR) is 102 cm³/mol. The zero-order chi connectivity index (χ0) is 20.7. The highest BCUT2D eigenvalue weighted by Crippen LogP contribution is 2.23. The Kier molecular flexibility index (Phi) is 7.25. The standard InChI is InChI=1S/C20H28N2O6/c1-20(2,3)28-19(26)22-10-9-15(11-16(22)12-17(23)24)21-18(25)27-13-14-7-5-4-6-8-14/h4-8,15-16H,9-13H2,1-3H3,(H,21,25)(H,23,24). The summed E-state index contributed by atoms with van der Waals surface area (Å²) in [6.07, 6.45) is -0.490. The maximum Gasteiger partial charge on any atom is 0.410 e. The van der Waals surface area contributed by atoms with E-state index < -0.39 is 29.8 Å². The lowest BCUT2D eigenvalue weighted by atomic mass is 9.95. The van der Waals surface area contributed by atoms with Gasteiger partial charge in [0.25, 0.3) is 0 Å². The summed E-state index contributed by atoms with van der Waals surface area (Å²) in [5, 5.41) is 12.0. The third kappa shape index (κ3) is 7.09. The summed E-state index contributed by atoms with van der Waals surface area (Å²) >= 11 is 0. The molecule has 0 aromatic heterocycles. The maximum absolute atomic E-state index is 12.4. The Balaban J connectivity index is 1.91. The minimum Gasteiger partial charge on any atom is -0.481 e. The summed E-state index contributed by atoms with van der Waals surface area (Å²) in [5.74, 6) is -1.01. The van der Waals surface area contributed by atoms with E-state index in [-0.39, 0.29) is 19.1 Å². The average molecular weight is 392 g/mol. The van der Waals surface area contributed by atoms with Gasteiger partial charge in [-0.25, -0.2) is 9.59 Å². The van der Waals surface area contributed by atoms with Crippen LogP contribution in [0.15, 0.2) is 30.3 Å². The molecule has 28 heavy (non-hydrogen) atoms. The Labute approximate surface area is 164 Å². The van der Waals surface area contributed by atoms with E-state index in [1.54, 1.807) is 20.8 Å². The third-order valence-electron chi connectivity index (χ3n) is 4.29. The topological polar surface area (TPSA) is 105 Å². The largest absolute Gasteiger partial charge is 0.481 e. The summed E-state index contributed by atoms with van der Waals surface area (Å²) in [6.45, 7) is 5.73. The number of aliphatic carboxylic acids is 1. The molecule has 2 rings (SSSR count). The maximum atomic E-state index is 12.4. The first-order valence-corrected chi connectivity index (χ1v) is 9.32. The molecule has 1 aliphatic rings. The molecule has 8 nitrogen and oxygen atoms in total. The van der Waals surface area contributed by atoms with Crippen LogP contribution in [0.25, 0.3) is 0 Å². The lowest BCUT2D eigenvalue weighted by Gasteiger charge is -2.39. The number of nitrogens with one attached hydrogen (secondary N) is 1. The van der Waals surface area contributed by atoms with E-state index in [0.717, 1.165) is 5.56 Å². The Morgan fingerprint density at radius 1 is 1.21 bits per heavy atom. The first kappa shape index (κ1) is 21.5. The number of piperidine rings is 1. The number of carbonyl (C=O) groups is 3. The molecule has 1 aromatic carbocycles. The number of carboxylic acids is 1. The molecule has 2 N–H and O–H groups in total. The second-order valence-electron chi connectivity index (χ2n) is 7.85. The van der Waals surface area contributed by atoms with Gasteiger partial charge in [0.15, 0.2) is 0 Å². The van der Waals surface area contributed by atoms with Crippen molar-refractivity contribution >= 4 is 18.2 Å². The second kappa shape index (κ2) is 9.43. The number of carbonyl (C=O) groups excluding carboxylic acids is 2. The van der Waals surface area contributed by atoms with Gasteiger partial charge < -0.3 is 24.8 Å². The summed E-state index contributed by atoms with van der Waals surface area (Å²) < 4.78 is 10.6. The fourth-order valence-electron chi connectivity index (χ4n) is 3.07. The van der Waals surface area contributed by atoms with E-state index in [9.17, 15) is 19.5 Å². The van der Waals surface area contributed by atoms with Gasteiger partial charge in [-0.1, -0.05) is 30.3 Å². The highest BCUT2D eigenvalue weighted by atomic mass is 16.6. The molecule has 0 radical (unpaired) electrons. The van der Waals surface area contributed by atoms with E-state index in [4.69, 9.17) is 9.47 Å². The molecule has 1 saturated heterocycles. The summed E-state index contributed by atoms with van der Waals surface area (Å²) in [5.41, 5.74) is 0.211. The Morgan fingerprint density at radius 3 is 2.50 bits per heavy atom. The van der Waals surface area contributed by atoms with Crippen molar-refractivity contribution < 1.29 is 29.0 Å².